The Morgan fingerprint density at radius 1 is 0.818 bits per heavy atom. The summed E-state index contributed by atoms with van der Waals surface area (Å²) in [5.74, 6) is -7.85. The minimum absolute atomic E-state index is 0.0127. The summed E-state index contributed by atoms with van der Waals surface area (Å²) >= 11 is 0. The van der Waals surface area contributed by atoms with Crippen LogP contribution in [0.25, 0.3) is 0 Å². The van der Waals surface area contributed by atoms with Crippen LogP contribution in [0.15, 0.2) is 18.6 Å². The first-order chi connectivity index (χ1) is 25.7. The number of alkyl halides is 3. The highest BCUT2D eigenvalue weighted by atomic mass is 32.2. The Bertz CT molecular complexity index is 1620. The first-order valence-electron chi connectivity index (χ1n) is 18.1. The highest BCUT2D eigenvalue weighted by Crippen LogP contribution is 2.28. The number of nitrogens with zero attached hydrogens (tertiary/aromatic N) is 2. The van der Waals surface area contributed by atoms with Crippen molar-refractivity contribution in [1.29, 1.82) is 0 Å². The highest BCUT2D eigenvalue weighted by molar-refractivity contribution is 7.90. The van der Waals surface area contributed by atoms with Crippen molar-refractivity contribution in [2.24, 2.45) is 17.8 Å². The fraction of sp³-hybridized carbons (Fsp3) is 0.676. The molecular weight excluding hydrogens is 753 g/mol. The van der Waals surface area contributed by atoms with E-state index in [4.69, 9.17) is 0 Å². The summed E-state index contributed by atoms with van der Waals surface area (Å²) in [7, 11) is -6.05. The van der Waals surface area contributed by atoms with Crippen LogP contribution in [0.1, 0.15) is 103 Å². The van der Waals surface area contributed by atoms with Crippen LogP contribution in [0.4, 0.5) is 13.2 Å². The molecule has 2 unspecified atom stereocenters. The lowest BCUT2D eigenvalue weighted by molar-refractivity contribution is -0.141. The molecule has 1 heterocycles. The molecule has 1 fully saturated rings. The summed E-state index contributed by atoms with van der Waals surface area (Å²) in [5.41, 5.74) is -5.81. The highest BCUT2D eigenvalue weighted by Gasteiger charge is 2.47. The molecule has 21 heteroatoms. The lowest BCUT2D eigenvalue weighted by atomic mass is 9.84. The predicted molar refractivity (Wildman–Crippen MR) is 191 cm³/mol. The Labute approximate surface area is 318 Å². The quantitative estimate of drug-likeness (QED) is 0.102. The molecule has 6 N–H and O–H groups in total. The van der Waals surface area contributed by atoms with Gasteiger partial charge in [-0.05, 0) is 37.0 Å². The third-order valence-electron chi connectivity index (χ3n) is 9.07. The molecular formula is C34H51F3N8O9S. The fourth-order valence-electron chi connectivity index (χ4n) is 5.83. The summed E-state index contributed by atoms with van der Waals surface area (Å²) in [6, 6.07) is -4.95. The van der Waals surface area contributed by atoms with Gasteiger partial charge in [0.25, 0.3) is 17.7 Å². The lowest BCUT2D eigenvalue weighted by Crippen LogP contribution is -2.60. The smallest absolute Gasteiger partial charge is 0.344 e. The molecule has 1 aromatic heterocycles. The van der Waals surface area contributed by atoms with Crippen LogP contribution >= 0.6 is 0 Å². The van der Waals surface area contributed by atoms with Crippen molar-refractivity contribution in [3.8, 4) is 0 Å². The molecule has 0 aromatic carbocycles. The second-order valence-electron chi connectivity index (χ2n) is 13.9. The topological polar surface area (TPSA) is 252 Å². The number of aromatic nitrogens is 2. The van der Waals surface area contributed by atoms with Crippen LogP contribution in [-0.4, -0.2) is 95.8 Å². The minimum atomic E-state index is -6.05. The molecule has 1 saturated carbocycles. The van der Waals surface area contributed by atoms with Crippen molar-refractivity contribution in [2.75, 3.05) is 6.54 Å². The monoisotopic (exact) mass is 804 g/mol. The predicted octanol–water partition coefficient (Wildman–Crippen LogP) is 1.15. The Kier molecular flexibility index (Phi) is 18.1. The van der Waals surface area contributed by atoms with E-state index < -0.39 is 93.4 Å². The Hall–Kier alpha value is -4.69. The summed E-state index contributed by atoms with van der Waals surface area (Å²) in [6.45, 7) is 7.36. The standard InChI is InChI=1S/C34H51F3N8O9S/c1-6-20(5)27(44-30(49)23(15-19(3)4)42-31(50)25-17-38-13-14-39-25)32(51)43-24(16-21-11-9-8-10-12-21)29(48)41-22(7-2)28(47)33(52)40-18-26(46)45-55(53,54)34(35,36)37/h13-14,17,19-24,27H,6-12,15-16,18H2,1-5H3,(H,40,52)(H,41,48)(H,42,50)(H,43,51)(H,44,49)(H,45,46)/t20?,22-,23-,24-,27?/m0/s1. The van der Waals surface area contributed by atoms with Gasteiger partial charge in [-0.25, -0.2) is 9.71 Å². The number of carbonyl (C=O) groups excluding carboxylic acids is 7. The molecule has 1 aromatic rings. The van der Waals surface area contributed by atoms with E-state index in [2.05, 4.69) is 31.2 Å². The molecule has 0 radical (unpaired) electrons. The zero-order valence-corrected chi connectivity index (χ0v) is 32.3. The normalized spacial score (nSPS) is 16.4. The average Bonchev–Trinajstić information content (AvgIpc) is 3.13. The Morgan fingerprint density at radius 3 is 1.98 bits per heavy atom. The third-order valence-corrected chi connectivity index (χ3v) is 10.2. The summed E-state index contributed by atoms with van der Waals surface area (Å²) in [4.78, 5) is 99.2. The molecule has 17 nitrogen and oxygen atoms in total. The SMILES string of the molecule is CCC(C)C(NC(=O)[C@H](CC(C)C)NC(=O)c1cnccn1)C(=O)N[C@@H](CC1CCCCC1)C(=O)N[C@@H](CC)C(=O)C(=O)NCC(=O)NS(=O)(=O)C(F)(F)F. The van der Waals surface area contributed by atoms with Gasteiger partial charge in [0.1, 0.15) is 23.8 Å². The maximum atomic E-state index is 13.9. The number of rotatable bonds is 20. The number of hydrogen-bond donors (Lipinski definition) is 6. The van der Waals surface area contributed by atoms with Crippen LogP contribution in [0.2, 0.25) is 0 Å². The molecule has 0 aliphatic heterocycles. The second-order valence-corrected chi connectivity index (χ2v) is 15.6. The van der Waals surface area contributed by atoms with E-state index in [1.54, 1.807) is 19.2 Å². The van der Waals surface area contributed by atoms with Crippen molar-refractivity contribution in [3.05, 3.63) is 24.3 Å². The molecule has 0 bridgehead atoms. The first kappa shape index (κ1) is 46.5. The molecule has 1 aliphatic carbocycles. The van der Waals surface area contributed by atoms with Crippen molar-refractivity contribution in [3.63, 3.8) is 0 Å². The molecule has 1 aliphatic rings. The number of carbonyl (C=O) groups is 7. The van der Waals surface area contributed by atoms with E-state index in [1.807, 2.05) is 13.8 Å². The van der Waals surface area contributed by atoms with Gasteiger partial charge in [-0.1, -0.05) is 73.1 Å². The van der Waals surface area contributed by atoms with E-state index >= 15 is 0 Å². The number of ketones is 1. The van der Waals surface area contributed by atoms with Crippen molar-refractivity contribution in [1.82, 2.24) is 41.3 Å². The van der Waals surface area contributed by atoms with Gasteiger partial charge in [0.15, 0.2) is 0 Å². The number of sulfonamides is 1. The van der Waals surface area contributed by atoms with Gasteiger partial charge < -0.3 is 26.6 Å². The zero-order chi connectivity index (χ0) is 41.5. The van der Waals surface area contributed by atoms with Gasteiger partial charge in [0.05, 0.1) is 18.8 Å². The number of amides is 6. The van der Waals surface area contributed by atoms with Crippen molar-refractivity contribution < 1.29 is 55.2 Å². The molecule has 0 spiro atoms. The van der Waals surface area contributed by atoms with E-state index in [9.17, 15) is 55.2 Å². The largest absolute Gasteiger partial charge is 0.516 e. The number of hydrogen-bond acceptors (Lipinski definition) is 11. The third kappa shape index (κ3) is 14.8. The molecule has 55 heavy (non-hydrogen) atoms. The van der Waals surface area contributed by atoms with Crippen LogP contribution < -0.4 is 31.3 Å². The number of nitrogens with one attached hydrogen (secondary N) is 6. The number of Topliss-reactive ketones (excluding diaryl/α,β-unsaturated/α-hetero) is 1. The molecule has 308 valence electrons. The van der Waals surface area contributed by atoms with Crippen LogP contribution in [0.5, 0.6) is 0 Å². The van der Waals surface area contributed by atoms with Gasteiger partial charge in [0, 0.05) is 12.4 Å². The maximum absolute atomic E-state index is 13.9. The van der Waals surface area contributed by atoms with E-state index in [0.29, 0.717) is 6.42 Å². The molecule has 5 atom stereocenters. The molecule has 0 saturated heterocycles. The van der Waals surface area contributed by atoms with Gasteiger partial charge >= 0.3 is 15.5 Å². The van der Waals surface area contributed by atoms with Gasteiger partial charge in [-0.15, -0.1) is 0 Å². The van der Waals surface area contributed by atoms with E-state index in [-0.39, 0.29) is 36.8 Å². The van der Waals surface area contributed by atoms with Crippen LogP contribution in [-0.2, 0) is 38.8 Å². The second kappa shape index (κ2) is 21.4. The zero-order valence-electron chi connectivity index (χ0n) is 31.5. The molecule has 6 amide bonds. The average molecular weight is 805 g/mol. The number of halogens is 3. The summed E-state index contributed by atoms with van der Waals surface area (Å²) in [6.07, 6.45) is 8.92. The maximum Gasteiger partial charge on any atom is 0.516 e. The van der Waals surface area contributed by atoms with Crippen LogP contribution in [0, 0.1) is 17.8 Å². The van der Waals surface area contributed by atoms with Gasteiger partial charge in [0.2, 0.25) is 23.5 Å². The fourth-order valence-corrected chi connectivity index (χ4v) is 6.32. The Balaban J connectivity index is 2.24. The lowest BCUT2D eigenvalue weighted by Gasteiger charge is -2.31. The van der Waals surface area contributed by atoms with E-state index in [0.717, 1.165) is 36.8 Å². The van der Waals surface area contributed by atoms with Crippen molar-refractivity contribution in [2.45, 2.75) is 122 Å². The van der Waals surface area contributed by atoms with Crippen molar-refractivity contribution >= 4 is 51.2 Å². The van der Waals surface area contributed by atoms with Crippen LogP contribution in [0.3, 0.4) is 0 Å². The summed E-state index contributed by atoms with van der Waals surface area (Å²) < 4.78 is 60.7. The summed E-state index contributed by atoms with van der Waals surface area (Å²) in [5, 5.41) is 12.3. The minimum Gasteiger partial charge on any atom is -0.344 e. The van der Waals surface area contributed by atoms with Gasteiger partial charge in [-0.2, -0.15) is 21.6 Å². The van der Waals surface area contributed by atoms with E-state index in [1.165, 1.54) is 25.5 Å². The first-order valence-corrected chi connectivity index (χ1v) is 19.6. The molecule has 2 rings (SSSR count). The Morgan fingerprint density at radius 2 is 1.44 bits per heavy atom. The van der Waals surface area contributed by atoms with Gasteiger partial charge in [-0.3, -0.25) is 38.5 Å².